The maximum Gasteiger partial charge on any atom is 0.257 e. The molecule has 2 fully saturated rings. The summed E-state index contributed by atoms with van der Waals surface area (Å²) in [6.07, 6.45) is 3.85. The lowest BCUT2D eigenvalue weighted by Crippen LogP contribution is -2.63. The van der Waals surface area contributed by atoms with E-state index in [0.29, 0.717) is 19.6 Å². The molecule has 0 aliphatic carbocycles. The monoisotopic (exact) mass is 276 g/mol. The zero-order valence-corrected chi connectivity index (χ0v) is 11.9. The fourth-order valence-electron chi connectivity index (χ4n) is 3.28. The van der Waals surface area contributed by atoms with Gasteiger partial charge in [-0.25, -0.2) is 0 Å². The molecule has 1 amide bonds. The predicted octanol–water partition coefficient (Wildman–Crippen LogP) is 1.14. The number of nitrogens with zero attached hydrogens (tertiary/aromatic N) is 2. The van der Waals surface area contributed by atoms with Crippen LogP contribution in [0, 0.1) is 5.41 Å². The van der Waals surface area contributed by atoms with Crippen LogP contribution in [0.3, 0.4) is 0 Å². The molecule has 0 bridgehead atoms. The summed E-state index contributed by atoms with van der Waals surface area (Å²) in [7, 11) is 0. The number of ether oxygens (including phenoxy) is 1. The lowest BCUT2D eigenvalue weighted by molar-refractivity contribution is -0.172. The molecule has 1 aromatic heterocycles. The number of hydrogen-bond donors (Lipinski definition) is 1. The SMILES string of the molecule is CC1(C)CN(C(=O)C2(O)CCOC2)C1c1ccncc1. The summed E-state index contributed by atoms with van der Waals surface area (Å²) in [6, 6.07) is 3.85. The number of pyridine rings is 1. The summed E-state index contributed by atoms with van der Waals surface area (Å²) in [4.78, 5) is 18.4. The van der Waals surface area contributed by atoms with Gasteiger partial charge in [-0.05, 0) is 17.7 Å². The largest absolute Gasteiger partial charge is 0.378 e. The van der Waals surface area contributed by atoms with E-state index in [1.54, 1.807) is 17.3 Å². The maximum absolute atomic E-state index is 12.6. The van der Waals surface area contributed by atoms with Gasteiger partial charge >= 0.3 is 0 Å². The molecular formula is C15H20N2O3. The van der Waals surface area contributed by atoms with Crippen LogP contribution in [-0.2, 0) is 9.53 Å². The Bertz CT molecular complexity index is 509. The van der Waals surface area contributed by atoms with Gasteiger partial charge in [0, 0.05) is 30.8 Å². The molecule has 2 saturated heterocycles. The molecule has 5 nitrogen and oxygen atoms in total. The van der Waals surface area contributed by atoms with Gasteiger partial charge in [0.05, 0.1) is 19.3 Å². The number of hydrogen-bond acceptors (Lipinski definition) is 4. The van der Waals surface area contributed by atoms with Crippen molar-refractivity contribution in [2.75, 3.05) is 19.8 Å². The molecule has 1 aromatic rings. The highest BCUT2D eigenvalue weighted by Gasteiger charge is 2.54. The molecule has 0 aromatic carbocycles. The van der Waals surface area contributed by atoms with Crippen molar-refractivity contribution < 1.29 is 14.6 Å². The van der Waals surface area contributed by atoms with Gasteiger partial charge in [-0.3, -0.25) is 9.78 Å². The quantitative estimate of drug-likeness (QED) is 0.880. The Morgan fingerprint density at radius 3 is 2.70 bits per heavy atom. The van der Waals surface area contributed by atoms with Crippen LogP contribution in [0.25, 0.3) is 0 Å². The standard InChI is InChI=1S/C15H20N2O3/c1-14(2)9-17(12(14)11-3-6-16-7-4-11)13(18)15(19)5-8-20-10-15/h3-4,6-7,12,19H,5,8-10H2,1-2H3. The normalized spacial score (nSPS) is 31.9. The van der Waals surface area contributed by atoms with Gasteiger partial charge in [0.15, 0.2) is 5.60 Å². The zero-order chi connectivity index (χ0) is 14.4. The molecule has 5 heteroatoms. The first-order chi connectivity index (χ1) is 9.44. The lowest BCUT2D eigenvalue weighted by atomic mass is 9.71. The van der Waals surface area contributed by atoms with E-state index in [1.807, 2.05) is 12.1 Å². The molecule has 3 heterocycles. The Balaban J connectivity index is 1.86. The maximum atomic E-state index is 12.6. The smallest absolute Gasteiger partial charge is 0.257 e. The van der Waals surface area contributed by atoms with Crippen LogP contribution >= 0.6 is 0 Å². The molecule has 1 N–H and O–H groups in total. The van der Waals surface area contributed by atoms with Gasteiger partial charge in [-0.1, -0.05) is 13.8 Å². The second kappa shape index (κ2) is 4.53. The third-order valence-corrected chi connectivity index (χ3v) is 4.31. The van der Waals surface area contributed by atoms with E-state index in [1.165, 1.54) is 0 Å². The molecule has 2 atom stereocenters. The van der Waals surface area contributed by atoms with Crippen molar-refractivity contribution in [3.8, 4) is 0 Å². The number of amides is 1. The summed E-state index contributed by atoms with van der Waals surface area (Å²) in [5.74, 6) is -0.212. The van der Waals surface area contributed by atoms with E-state index in [-0.39, 0.29) is 24.0 Å². The first-order valence-corrected chi connectivity index (χ1v) is 6.95. The minimum atomic E-state index is -1.35. The molecule has 2 aliphatic heterocycles. The molecule has 3 rings (SSSR count). The summed E-state index contributed by atoms with van der Waals surface area (Å²) in [5, 5.41) is 10.4. The van der Waals surface area contributed by atoms with Gasteiger partial charge in [-0.2, -0.15) is 0 Å². The number of likely N-dealkylation sites (tertiary alicyclic amines) is 1. The van der Waals surface area contributed by atoms with Gasteiger partial charge in [-0.15, -0.1) is 0 Å². The third-order valence-electron chi connectivity index (χ3n) is 4.31. The van der Waals surface area contributed by atoms with E-state index >= 15 is 0 Å². The van der Waals surface area contributed by atoms with Gasteiger partial charge < -0.3 is 14.7 Å². The molecule has 108 valence electrons. The van der Waals surface area contributed by atoms with E-state index in [4.69, 9.17) is 4.74 Å². The number of carbonyl (C=O) groups excluding carboxylic acids is 1. The first-order valence-electron chi connectivity index (χ1n) is 6.95. The highest BCUT2D eigenvalue weighted by Crippen LogP contribution is 2.49. The summed E-state index contributed by atoms with van der Waals surface area (Å²) in [6.45, 7) is 5.47. The second-order valence-corrected chi connectivity index (χ2v) is 6.44. The van der Waals surface area contributed by atoms with Crippen LogP contribution in [-0.4, -0.2) is 46.3 Å². The minimum absolute atomic E-state index is 0.00678. The third kappa shape index (κ3) is 2.01. The fraction of sp³-hybridized carbons (Fsp3) is 0.600. The Kier molecular flexibility index (Phi) is 3.06. The van der Waals surface area contributed by atoms with E-state index < -0.39 is 5.60 Å². The number of rotatable bonds is 2. The van der Waals surface area contributed by atoms with Crippen molar-refractivity contribution in [3.05, 3.63) is 30.1 Å². The van der Waals surface area contributed by atoms with Crippen molar-refractivity contribution in [1.29, 1.82) is 0 Å². The minimum Gasteiger partial charge on any atom is -0.378 e. The number of carbonyl (C=O) groups is 1. The van der Waals surface area contributed by atoms with Crippen molar-refractivity contribution in [3.63, 3.8) is 0 Å². The van der Waals surface area contributed by atoms with Gasteiger partial charge in [0.1, 0.15) is 0 Å². The average Bonchev–Trinajstić information content (AvgIpc) is 2.85. The number of aromatic nitrogens is 1. The molecule has 2 aliphatic rings. The molecule has 2 unspecified atom stereocenters. The lowest BCUT2D eigenvalue weighted by Gasteiger charge is -2.55. The summed E-state index contributed by atoms with van der Waals surface area (Å²) >= 11 is 0. The van der Waals surface area contributed by atoms with Crippen LogP contribution < -0.4 is 0 Å². The molecular weight excluding hydrogens is 256 g/mol. The van der Waals surface area contributed by atoms with Gasteiger partial charge in [0.25, 0.3) is 5.91 Å². The first kappa shape index (κ1) is 13.5. The topological polar surface area (TPSA) is 62.7 Å². The van der Waals surface area contributed by atoms with Crippen molar-refractivity contribution >= 4 is 5.91 Å². The highest BCUT2D eigenvalue weighted by atomic mass is 16.5. The van der Waals surface area contributed by atoms with Crippen molar-refractivity contribution in [1.82, 2.24) is 9.88 Å². The molecule has 0 spiro atoms. The molecule has 0 radical (unpaired) electrons. The zero-order valence-electron chi connectivity index (χ0n) is 11.9. The second-order valence-electron chi connectivity index (χ2n) is 6.44. The van der Waals surface area contributed by atoms with Crippen molar-refractivity contribution in [2.24, 2.45) is 5.41 Å². The fourth-order valence-corrected chi connectivity index (χ4v) is 3.28. The molecule has 0 saturated carbocycles. The van der Waals surface area contributed by atoms with Crippen LogP contribution in [0.1, 0.15) is 31.9 Å². The van der Waals surface area contributed by atoms with Crippen LogP contribution in [0.4, 0.5) is 0 Å². The van der Waals surface area contributed by atoms with E-state index in [2.05, 4.69) is 18.8 Å². The van der Waals surface area contributed by atoms with Crippen LogP contribution in [0.15, 0.2) is 24.5 Å². The highest BCUT2D eigenvalue weighted by molar-refractivity contribution is 5.87. The van der Waals surface area contributed by atoms with Gasteiger partial charge in [0.2, 0.25) is 0 Å². The average molecular weight is 276 g/mol. The Labute approximate surface area is 118 Å². The number of aliphatic hydroxyl groups is 1. The Morgan fingerprint density at radius 1 is 1.45 bits per heavy atom. The van der Waals surface area contributed by atoms with Crippen LogP contribution in [0.5, 0.6) is 0 Å². The molecule has 20 heavy (non-hydrogen) atoms. The summed E-state index contributed by atoms with van der Waals surface area (Å²) < 4.78 is 5.19. The Morgan fingerprint density at radius 2 is 2.15 bits per heavy atom. The summed E-state index contributed by atoms with van der Waals surface area (Å²) in [5.41, 5.74) is -0.277. The predicted molar refractivity (Wildman–Crippen MR) is 72.9 cm³/mol. The van der Waals surface area contributed by atoms with Crippen LogP contribution in [0.2, 0.25) is 0 Å². The Hall–Kier alpha value is -1.46. The van der Waals surface area contributed by atoms with E-state index in [0.717, 1.165) is 5.56 Å². The van der Waals surface area contributed by atoms with E-state index in [9.17, 15) is 9.90 Å². The van der Waals surface area contributed by atoms with Crippen molar-refractivity contribution in [2.45, 2.75) is 31.9 Å².